The Morgan fingerprint density at radius 1 is 1.21 bits per heavy atom. The van der Waals surface area contributed by atoms with Gasteiger partial charge in [0, 0.05) is 41.2 Å². The molecule has 3 rings (SSSR count). The molecule has 1 N–H and O–H groups in total. The Morgan fingerprint density at radius 2 is 1.92 bits per heavy atom. The number of hydrogen-bond acceptors (Lipinski definition) is 2. The van der Waals surface area contributed by atoms with Crippen molar-refractivity contribution in [2.24, 2.45) is 0 Å². The van der Waals surface area contributed by atoms with Gasteiger partial charge in [-0.3, -0.25) is 4.79 Å². The van der Waals surface area contributed by atoms with Crippen LogP contribution in [0.5, 0.6) is 0 Å². The molecule has 0 aliphatic rings. The molecule has 0 amide bonds. The van der Waals surface area contributed by atoms with Crippen molar-refractivity contribution in [3.8, 4) is 0 Å². The van der Waals surface area contributed by atoms with Crippen molar-refractivity contribution in [2.45, 2.75) is 33.7 Å². The van der Waals surface area contributed by atoms with Crippen LogP contribution >= 0.6 is 0 Å². The van der Waals surface area contributed by atoms with Gasteiger partial charge in [0.2, 0.25) is 0 Å². The Balaban J connectivity index is 2.31. The van der Waals surface area contributed by atoms with Gasteiger partial charge in [0.25, 0.3) is 0 Å². The predicted octanol–water partition coefficient (Wildman–Crippen LogP) is 3.83. The molecule has 0 radical (unpaired) electrons. The second-order valence-electron chi connectivity index (χ2n) is 6.39. The largest absolute Gasteiger partial charge is 0.335 e. The molecule has 0 spiro atoms. The minimum atomic E-state index is -0.360. The first-order valence-electron chi connectivity index (χ1n) is 8.51. The summed E-state index contributed by atoms with van der Waals surface area (Å²) in [6.45, 7) is 11.2. The highest BCUT2D eigenvalue weighted by molar-refractivity contribution is 6.08. The Bertz CT molecular complexity index is 937. The lowest BCUT2D eigenvalue weighted by Crippen LogP contribution is -2.29. The van der Waals surface area contributed by atoms with E-state index in [-0.39, 0.29) is 17.4 Å². The van der Waals surface area contributed by atoms with E-state index < -0.39 is 0 Å². The first-order valence-corrected chi connectivity index (χ1v) is 8.51. The Hall–Kier alpha value is -2.14. The molecule has 0 saturated heterocycles. The molecule has 1 atom stereocenters. The van der Waals surface area contributed by atoms with E-state index in [2.05, 4.69) is 35.2 Å². The highest BCUT2D eigenvalue weighted by atomic mass is 19.1. The zero-order valence-corrected chi connectivity index (χ0v) is 14.7. The fourth-order valence-electron chi connectivity index (χ4n) is 3.64. The van der Waals surface area contributed by atoms with E-state index >= 15 is 0 Å². The van der Waals surface area contributed by atoms with Gasteiger partial charge in [0.15, 0.2) is 11.4 Å². The number of likely N-dealkylation sites (N-methyl/N-ethyl adjacent to an activating group) is 1. The van der Waals surface area contributed by atoms with Crippen LogP contribution in [0.4, 0.5) is 4.39 Å². The zero-order valence-electron chi connectivity index (χ0n) is 14.7. The minimum Gasteiger partial charge on any atom is -0.335 e. The number of aryl methyl sites for hydroxylation is 1. The van der Waals surface area contributed by atoms with E-state index in [9.17, 15) is 9.18 Å². The van der Waals surface area contributed by atoms with Crippen LogP contribution in [0, 0.1) is 12.9 Å². The van der Waals surface area contributed by atoms with Crippen molar-refractivity contribution < 1.29 is 4.39 Å². The Morgan fingerprint density at radius 3 is 2.58 bits per heavy atom. The quantitative estimate of drug-likeness (QED) is 0.723. The molecule has 0 bridgehead atoms. The molecule has 0 saturated carbocycles. The summed E-state index contributed by atoms with van der Waals surface area (Å²) in [6, 6.07) is 6.70. The summed E-state index contributed by atoms with van der Waals surface area (Å²) >= 11 is 0. The van der Waals surface area contributed by atoms with Crippen molar-refractivity contribution in [1.29, 1.82) is 0 Å². The lowest BCUT2D eigenvalue weighted by atomic mass is 10.1. The highest BCUT2D eigenvalue weighted by Gasteiger charge is 2.19. The average Bonchev–Trinajstić information content (AvgIpc) is 2.86. The summed E-state index contributed by atoms with van der Waals surface area (Å²) in [6.07, 6.45) is 0. The third-order valence-corrected chi connectivity index (χ3v) is 4.81. The molecule has 24 heavy (non-hydrogen) atoms. The standard InChI is InChI=1S/C19H24FN3O/c1-5-22(6-2)11-12(3)23-17-9-14(24)7-8-15(17)16-10-18(20)21-13(4)19(16)23/h7-10,12,21H,5-6,11H2,1-4H3. The fourth-order valence-corrected chi connectivity index (χ4v) is 3.64. The van der Waals surface area contributed by atoms with Gasteiger partial charge in [-0.25, -0.2) is 0 Å². The number of halogens is 1. The summed E-state index contributed by atoms with van der Waals surface area (Å²) in [7, 11) is 0. The number of nitrogens with zero attached hydrogens (tertiary/aromatic N) is 2. The highest BCUT2D eigenvalue weighted by Crippen LogP contribution is 2.33. The van der Waals surface area contributed by atoms with E-state index in [0.717, 1.165) is 47.1 Å². The molecular formula is C19H24FN3O. The van der Waals surface area contributed by atoms with Crippen LogP contribution in [0.25, 0.3) is 21.8 Å². The summed E-state index contributed by atoms with van der Waals surface area (Å²) in [5.41, 5.74) is 2.60. The smallest absolute Gasteiger partial charge is 0.191 e. The maximum absolute atomic E-state index is 13.9. The number of fused-ring (bicyclic) bond motifs is 3. The van der Waals surface area contributed by atoms with E-state index in [1.807, 2.05) is 6.92 Å². The lowest BCUT2D eigenvalue weighted by Gasteiger charge is -2.25. The molecule has 0 fully saturated rings. The maximum Gasteiger partial charge on any atom is 0.191 e. The molecule has 3 aromatic rings. The van der Waals surface area contributed by atoms with Gasteiger partial charge in [0.1, 0.15) is 0 Å². The number of pyridine rings is 1. The monoisotopic (exact) mass is 329 g/mol. The average molecular weight is 329 g/mol. The third-order valence-electron chi connectivity index (χ3n) is 4.81. The summed E-state index contributed by atoms with van der Waals surface area (Å²) < 4.78 is 16.1. The number of rotatable bonds is 5. The van der Waals surface area contributed by atoms with Crippen LogP contribution in [0.2, 0.25) is 0 Å². The van der Waals surface area contributed by atoms with Crippen molar-refractivity contribution in [1.82, 2.24) is 14.5 Å². The van der Waals surface area contributed by atoms with Crippen LogP contribution < -0.4 is 5.43 Å². The molecule has 128 valence electrons. The number of aromatic amines is 1. The molecule has 0 aliphatic heterocycles. The van der Waals surface area contributed by atoms with E-state index in [4.69, 9.17) is 0 Å². The van der Waals surface area contributed by atoms with Gasteiger partial charge < -0.3 is 14.5 Å². The minimum absolute atomic E-state index is 0.0244. The summed E-state index contributed by atoms with van der Waals surface area (Å²) in [4.78, 5) is 17.1. The number of nitrogens with one attached hydrogen (secondary N) is 1. The van der Waals surface area contributed by atoms with Crippen molar-refractivity contribution in [3.05, 3.63) is 46.1 Å². The second kappa shape index (κ2) is 6.40. The van der Waals surface area contributed by atoms with Crippen molar-refractivity contribution in [2.75, 3.05) is 19.6 Å². The summed E-state index contributed by atoms with van der Waals surface area (Å²) in [5.74, 6) is -0.360. The van der Waals surface area contributed by atoms with E-state index in [1.54, 1.807) is 18.2 Å². The van der Waals surface area contributed by atoms with Gasteiger partial charge in [-0.15, -0.1) is 0 Å². The van der Waals surface area contributed by atoms with E-state index in [1.165, 1.54) is 6.07 Å². The van der Waals surface area contributed by atoms with Gasteiger partial charge >= 0.3 is 0 Å². The number of aromatic nitrogens is 2. The molecule has 0 aliphatic carbocycles. The second-order valence-corrected chi connectivity index (χ2v) is 6.39. The van der Waals surface area contributed by atoms with Crippen LogP contribution in [0.1, 0.15) is 32.5 Å². The molecule has 2 heterocycles. The van der Waals surface area contributed by atoms with Crippen molar-refractivity contribution in [3.63, 3.8) is 0 Å². The molecule has 1 aromatic carbocycles. The van der Waals surface area contributed by atoms with Gasteiger partial charge in [-0.2, -0.15) is 4.39 Å². The SMILES string of the molecule is CCN(CC)CC(C)n1c2cc(=O)ccc2c2cc(F)[nH]c(C)c21. The first kappa shape index (κ1) is 16.7. The van der Waals surface area contributed by atoms with Crippen molar-refractivity contribution >= 4 is 21.8 Å². The molecule has 2 aromatic heterocycles. The fraction of sp³-hybridized carbons (Fsp3) is 0.421. The molecule has 4 nitrogen and oxygen atoms in total. The Labute approximate surface area is 140 Å². The van der Waals surface area contributed by atoms with Crippen LogP contribution in [-0.4, -0.2) is 34.1 Å². The van der Waals surface area contributed by atoms with Gasteiger partial charge in [-0.1, -0.05) is 13.8 Å². The predicted molar refractivity (Wildman–Crippen MR) is 97.3 cm³/mol. The lowest BCUT2D eigenvalue weighted by molar-refractivity contribution is 0.265. The molecular weight excluding hydrogens is 305 g/mol. The number of hydrogen-bond donors (Lipinski definition) is 1. The first-order chi connectivity index (χ1) is 11.5. The third kappa shape index (κ3) is 2.73. The Kier molecular flexibility index (Phi) is 4.45. The van der Waals surface area contributed by atoms with Gasteiger partial charge in [0.05, 0.1) is 11.0 Å². The molecule has 1 unspecified atom stereocenters. The van der Waals surface area contributed by atoms with E-state index in [0.29, 0.717) is 0 Å². The number of H-pyrrole nitrogens is 1. The normalized spacial score (nSPS) is 13.2. The summed E-state index contributed by atoms with van der Waals surface area (Å²) in [5, 5.41) is 1.78. The van der Waals surface area contributed by atoms with Crippen LogP contribution in [-0.2, 0) is 0 Å². The zero-order chi connectivity index (χ0) is 17.4. The molecule has 5 heteroatoms. The van der Waals surface area contributed by atoms with Crippen LogP contribution in [0.15, 0.2) is 29.1 Å². The van der Waals surface area contributed by atoms with Gasteiger partial charge in [-0.05, 0) is 39.1 Å². The number of benzene rings is 1. The topological polar surface area (TPSA) is 41.0 Å². The van der Waals surface area contributed by atoms with Crippen LogP contribution in [0.3, 0.4) is 0 Å². The maximum atomic E-state index is 13.9.